The number of fused-ring (bicyclic) bond motifs is 1. The maximum atomic E-state index is 5.64. The average molecular weight is 294 g/mol. The molecule has 0 fully saturated rings. The average Bonchev–Trinajstić information content (AvgIpc) is 2.79. The standard InChI is InChI=1S/C12H8BrNO3/c13-9-2-1-5-14-12(9)17-8-3-4-10-11(6-8)16-7-15-10/h1-6H,7H2. The number of hydrogen-bond donors (Lipinski definition) is 0. The fourth-order valence-corrected chi connectivity index (χ4v) is 1.83. The van der Waals surface area contributed by atoms with Gasteiger partial charge >= 0.3 is 0 Å². The minimum absolute atomic E-state index is 0.256. The second-order valence-corrected chi connectivity index (χ2v) is 4.26. The predicted molar refractivity (Wildman–Crippen MR) is 64.6 cm³/mol. The van der Waals surface area contributed by atoms with Crippen molar-refractivity contribution in [1.82, 2.24) is 4.98 Å². The second kappa shape index (κ2) is 4.25. The van der Waals surface area contributed by atoms with Crippen LogP contribution in [0.4, 0.5) is 0 Å². The van der Waals surface area contributed by atoms with Gasteiger partial charge in [0.2, 0.25) is 12.7 Å². The first-order chi connectivity index (χ1) is 8.33. The summed E-state index contributed by atoms with van der Waals surface area (Å²) >= 11 is 3.37. The van der Waals surface area contributed by atoms with Crippen molar-refractivity contribution in [3.05, 3.63) is 41.0 Å². The van der Waals surface area contributed by atoms with Crippen LogP contribution in [0, 0.1) is 0 Å². The maximum Gasteiger partial charge on any atom is 0.233 e. The summed E-state index contributed by atoms with van der Waals surface area (Å²) in [4.78, 5) is 4.13. The van der Waals surface area contributed by atoms with Gasteiger partial charge in [0.05, 0.1) is 4.47 Å². The van der Waals surface area contributed by atoms with E-state index in [1.165, 1.54) is 0 Å². The number of ether oxygens (including phenoxy) is 3. The van der Waals surface area contributed by atoms with Crippen LogP contribution in [0.2, 0.25) is 0 Å². The third-order valence-corrected chi connectivity index (χ3v) is 2.89. The van der Waals surface area contributed by atoms with E-state index in [2.05, 4.69) is 20.9 Å². The number of nitrogens with zero attached hydrogens (tertiary/aromatic N) is 1. The van der Waals surface area contributed by atoms with Gasteiger partial charge in [-0.25, -0.2) is 4.98 Å². The normalized spacial score (nSPS) is 12.5. The van der Waals surface area contributed by atoms with Gasteiger partial charge in [-0.2, -0.15) is 0 Å². The van der Waals surface area contributed by atoms with Crippen molar-refractivity contribution in [2.75, 3.05) is 6.79 Å². The lowest BCUT2D eigenvalue weighted by atomic mass is 10.3. The summed E-state index contributed by atoms with van der Waals surface area (Å²) in [6.07, 6.45) is 1.67. The van der Waals surface area contributed by atoms with E-state index in [4.69, 9.17) is 14.2 Å². The van der Waals surface area contributed by atoms with Crippen molar-refractivity contribution in [2.24, 2.45) is 0 Å². The summed E-state index contributed by atoms with van der Waals surface area (Å²) < 4.78 is 16.9. The number of benzene rings is 1. The molecule has 1 aliphatic heterocycles. The molecule has 0 spiro atoms. The van der Waals surface area contributed by atoms with Crippen molar-refractivity contribution in [1.29, 1.82) is 0 Å². The molecule has 0 N–H and O–H groups in total. The molecule has 5 heteroatoms. The highest BCUT2D eigenvalue weighted by atomic mass is 79.9. The van der Waals surface area contributed by atoms with Gasteiger partial charge in [0.1, 0.15) is 5.75 Å². The largest absolute Gasteiger partial charge is 0.454 e. The smallest absolute Gasteiger partial charge is 0.233 e. The summed E-state index contributed by atoms with van der Waals surface area (Å²) in [5.74, 6) is 2.60. The van der Waals surface area contributed by atoms with Crippen LogP contribution >= 0.6 is 15.9 Å². The van der Waals surface area contributed by atoms with Crippen molar-refractivity contribution >= 4 is 15.9 Å². The first-order valence-electron chi connectivity index (χ1n) is 5.01. The molecule has 3 rings (SSSR count). The van der Waals surface area contributed by atoms with Crippen LogP contribution in [0.3, 0.4) is 0 Å². The Morgan fingerprint density at radius 1 is 1.18 bits per heavy atom. The molecule has 2 heterocycles. The van der Waals surface area contributed by atoms with Crippen molar-refractivity contribution in [2.45, 2.75) is 0 Å². The summed E-state index contributed by atoms with van der Waals surface area (Å²) in [5.41, 5.74) is 0. The van der Waals surface area contributed by atoms with Crippen LogP contribution in [0.25, 0.3) is 0 Å². The molecule has 0 atom stereocenters. The minimum Gasteiger partial charge on any atom is -0.454 e. The van der Waals surface area contributed by atoms with Crippen molar-refractivity contribution in [3.63, 3.8) is 0 Å². The fourth-order valence-electron chi connectivity index (χ4n) is 1.50. The van der Waals surface area contributed by atoms with Gasteiger partial charge in [0, 0.05) is 12.3 Å². The van der Waals surface area contributed by atoms with E-state index < -0.39 is 0 Å². The lowest BCUT2D eigenvalue weighted by Gasteiger charge is -2.06. The lowest BCUT2D eigenvalue weighted by Crippen LogP contribution is -1.92. The van der Waals surface area contributed by atoms with Crippen LogP contribution in [0.15, 0.2) is 41.0 Å². The Morgan fingerprint density at radius 2 is 2.06 bits per heavy atom. The highest BCUT2D eigenvalue weighted by molar-refractivity contribution is 9.10. The molecule has 1 aromatic carbocycles. The third kappa shape index (κ3) is 2.06. The first-order valence-corrected chi connectivity index (χ1v) is 5.80. The Balaban J connectivity index is 1.89. The van der Waals surface area contributed by atoms with Gasteiger partial charge in [-0.1, -0.05) is 0 Å². The molecule has 0 saturated heterocycles. The molecular formula is C12H8BrNO3. The quantitative estimate of drug-likeness (QED) is 0.851. The fraction of sp³-hybridized carbons (Fsp3) is 0.0833. The topological polar surface area (TPSA) is 40.6 Å². The zero-order chi connectivity index (χ0) is 11.7. The van der Waals surface area contributed by atoms with Gasteiger partial charge < -0.3 is 14.2 Å². The summed E-state index contributed by atoms with van der Waals surface area (Å²) in [5, 5.41) is 0. The van der Waals surface area contributed by atoms with Crippen LogP contribution in [0.5, 0.6) is 23.1 Å². The van der Waals surface area contributed by atoms with E-state index in [0.29, 0.717) is 17.4 Å². The van der Waals surface area contributed by atoms with Gasteiger partial charge in [0.25, 0.3) is 0 Å². The van der Waals surface area contributed by atoms with E-state index in [-0.39, 0.29) is 6.79 Å². The van der Waals surface area contributed by atoms with E-state index in [9.17, 15) is 0 Å². The molecular weight excluding hydrogens is 286 g/mol. The minimum atomic E-state index is 0.256. The van der Waals surface area contributed by atoms with E-state index in [0.717, 1.165) is 10.2 Å². The monoisotopic (exact) mass is 293 g/mol. The van der Waals surface area contributed by atoms with Crippen LogP contribution < -0.4 is 14.2 Å². The molecule has 4 nitrogen and oxygen atoms in total. The molecule has 0 radical (unpaired) electrons. The highest BCUT2D eigenvalue weighted by Gasteiger charge is 2.14. The number of halogens is 1. The number of aromatic nitrogens is 1. The Bertz CT molecular complexity index is 559. The van der Waals surface area contributed by atoms with Crippen molar-refractivity contribution in [3.8, 4) is 23.1 Å². The lowest BCUT2D eigenvalue weighted by molar-refractivity contribution is 0.174. The zero-order valence-electron chi connectivity index (χ0n) is 8.72. The van der Waals surface area contributed by atoms with E-state index in [1.54, 1.807) is 12.3 Å². The molecule has 0 unspecified atom stereocenters. The van der Waals surface area contributed by atoms with Crippen LogP contribution in [-0.4, -0.2) is 11.8 Å². The summed E-state index contributed by atoms with van der Waals surface area (Å²) in [6, 6.07) is 9.11. The molecule has 0 amide bonds. The Morgan fingerprint density at radius 3 is 2.94 bits per heavy atom. The van der Waals surface area contributed by atoms with Gasteiger partial charge in [0.15, 0.2) is 11.5 Å². The second-order valence-electron chi connectivity index (χ2n) is 3.41. The summed E-state index contributed by atoms with van der Waals surface area (Å²) in [7, 11) is 0. The van der Waals surface area contributed by atoms with Crippen molar-refractivity contribution < 1.29 is 14.2 Å². The first kappa shape index (κ1) is 10.4. The highest BCUT2D eigenvalue weighted by Crippen LogP contribution is 2.37. The Hall–Kier alpha value is -1.75. The van der Waals surface area contributed by atoms with Gasteiger partial charge in [-0.3, -0.25) is 0 Å². The Kier molecular flexibility index (Phi) is 2.60. The molecule has 1 aromatic heterocycles. The SMILES string of the molecule is Brc1cccnc1Oc1ccc2c(c1)OCO2. The van der Waals surface area contributed by atoms with Crippen LogP contribution in [-0.2, 0) is 0 Å². The molecule has 0 bridgehead atoms. The molecule has 2 aromatic rings. The number of hydrogen-bond acceptors (Lipinski definition) is 4. The molecule has 0 aliphatic carbocycles. The van der Waals surface area contributed by atoms with E-state index >= 15 is 0 Å². The third-order valence-electron chi connectivity index (χ3n) is 2.28. The maximum absolute atomic E-state index is 5.64. The molecule has 0 saturated carbocycles. The van der Waals surface area contributed by atoms with Gasteiger partial charge in [-0.15, -0.1) is 0 Å². The molecule has 86 valence electrons. The zero-order valence-corrected chi connectivity index (χ0v) is 10.3. The van der Waals surface area contributed by atoms with Gasteiger partial charge in [-0.05, 0) is 40.2 Å². The predicted octanol–water partition coefficient (Wildman–Crippen LogP) is 3.37. The van der Waals surface area contributed by atoms with E-state index in [1.807, 2.05) is 24.3 Å². The van der Waals surface area contributed by atoms with Crippen LogP contribution in [0.1, 0.15) is 0 Å². The molecule has 1 aliphatic rings. The number of rotatable bonds is 2. The summed E-state index contributed by atoms with van der Waals surface area (Å²) in [6.45, 7) is 0.256. The Labute approximate surface area is 106 Å². The number of pyridine rings is 1. The molecule has 17 heavy (non-hydrogen) atoms.